The van der Waals surface area contributed by atoms with E-state index in [1.807, 2.05) is 50.9 Å². The minimum absolute atomic E-state index is 0.0873. The Kier molecular flexibility index (Phi) is 7.66. The van der Waals surface area contributed by atoms with Crippen molar-refractivity contribution in [2.75, 3.05) is 33.2 Å². The van der Waals surface area contributed by atoms with Crippen LogP contribution in [0.15, 0.2) is 36.8 Å². The SMILES string of the molecule is CN(C(=O)n1cnc(-c2cccc(C(=O)N3CCN(C(=O)OC(C)(C)C)CC3)c2)c1)C1CCCCC1. The van der Waals surface area contributed by atoms with Gasteiger partial charge in [0.15, 0.2) is 0 Å². The first-order valence-electron chi connectivity index (χ1n) is 12.8. The summed E-state index contributed by atoms with van der Waals surface area (Å²) in [4.78, 5) is 48.1. The zero-order valence-corrected chi connectivity index (χ0v) is 21.8. The molecule has 4 rings (SSSR count). The van der Waals surface area contributed by atoms with Crippen LogP contribution in [0.4, 0.5) is 9.59 Å². The summed E-state index contributed by atoms with van der Waals surface area (Å²) in [6.07, 6.45) is 8.56. The molecular formula is C27H37N5O4. The highest BCUT2D eigenvalue weighted by Gasteiger charge is 2.28. The Morgan fingerprint density at radius 2 is 1.67 bits per heavy atom. The van der Waals surface area contributed by atoms with Crippen LogP contribution >= 0.6 is 0 Å². The van der Waals surface area contributed by atoms with E-state index in [0.29, 0.717) is 37.4 Å². The average molecular weight is 496 g/mol. The maximum absolute atomic E-state index is 13.2. The molecule has 0 spiro atoms. The summed E-state index contributed by atoms with van der Waals surface area (Å²) in [5.41, 5.74) is 1.43. The number of hydrogen-bond acceptors (Lipinski definition) is 5. The fourth-order valence-electron chi connectivity index (χ4n) is 4.80. The van der Waals surface area contributed by atoms with Crippen molar-refractivity contribution in [2.45, 2.75) is 64.5 Å². The predicted octanol–water partition coefficient (Wildman–Crippen LogP) is 4.48. The molecule has 0 N–H and O–H groups in total. The van der Waals surface area contributed by atoms with Crippen molar-refractivity contribution in [1.29, 1.82) is 0 Å². The molecule has 36 heavy (non-hydrogen) atoms. The predicted molar refractivity (Wildman–Crippen MR) is 137 cm³/mol. The topological polar surface area (TPSA) is 88.0 Å². The Labute approximate surface area is 213 Å². The summed E-state index contributed by atoms with van der Waals surface area (Å²) in [6.45, 7) is 7.27. The Morgan fingerprint density at radius 3 is 2.33 bits per heavy atom. The number of ether oxygens (including phenoxy) is 1. The van der Waals surface area contributed by atoms with E-state index < -0.39 is 5.60 Å². The maximum Gasteiger partial charge on any atom is 0.410 e. The van der Waals surface area contributed by atoms with Gasteiger partial charge in [0.1, 0.15) is 11.9 Å². The first kappa shape index (κ1) is 25.7. The van der Waals surface area contributed by atoms with E-state index in [9.17, 15) is 14.4 Å². The number of aromatic nitrogens is 2. The average Bonchev–Trinajstić information content (AvgIpc) is 3.37. The number of carbonyl (C=O) groups is 3. The Hall–Kier alpha value is -3.36. The lowest BCUT2D eigenvalue weighted by Gasteiger charge is -2.35. The first-order chi connectivity index (χ1) is 17.1. The molecule has 2 fully saturated rings. The fraction of sp³-hybridized carbons (Fsp3) is 0.556. The molecule has 1 aromatic heterocycles. The van der Waals surface area contributed by atoms with E-state index in [1.54, 1.807) is 28.4 Å². The van der Waals surface area contributed by atoms with Crippen LogP contribution in [0.3, 0.4) is 0 Å². The lowest BCUT2D eigenvalue weighted by Crippen LogP contribution is -2.51. The van der Waals surface area contributed by atoms with Crippen LogP contribution in [0.1, 0.15) is 63.2 Å². The minimum atomic E-state index is -0.548. The lowest BCUT2D eigenvalue weighted by atomic mass is 9.95. The fourth-order valence-corrected chi connectivity index (χ4v) is 4.80. The minimum Gasteiger partial charge on any atom is -0.444 e. The van der Waals surface area contributed by atoms with Gasteiger partial charge in [-0.1, -0.05) is 31.4 Å². The van der Waals surface area contributed by atoms with Crippen LogP contribution in [0.2, 0.25) is 0 Å². The van der Waals surface area contributed by atoms with Gasteiger partial charge in [0.25, 0.3) is 5.91 Å². The summed E-state index contributed by atoms with van der Waals surface area (Å²) in [7, 11) is 1.86. The Balaban J connectivity index is 1.39. The molecule has 0 bridgehead atoms. The summed E-state index contributed by atoms with van der Waals surface area (Å²) in [6, 6.07) is 7.49. The second-order valence-electron chi connectivity index (χ2n) is 10.7. The molecule has 3 amide bonds. The quantitative estimate of drug-likeness (QED) is 0.627. The van der Waals surface area contributed by atoms with Gasteiger partial charge in [-0.05, 0) is 45.7 Å². The molecular weight excluding hydrogens is 458 g/mol. The van der Waals surface area contributed by atoms with Gasteiger partial charge >= 0.3 is 12.1 Å². The molecule has 2 heterocycles. The van der Waals surface area contributed by atoms with Crippen molar-refractivity contribution in [3.05, 3.63) is 42.4 Å². The second kappa shape index (κ2) is 10.7. The van der Waals surface area contributed by atoms with Gasteiger partial charge < -0.3 is 19.4 Å². The van der Waals surface area contributed by atoms with Crippen molar-refractivity contribution in [3.8, 4) is 11.3 Å². The number of imidazole rings is 1. The van der Waals surface area contributed by atoms with Crippen molar-refractivity contribution >= 4 is 18.0 Å². The third-order valence-electron chi connectivity index (χ3n) is 6.85. The number of amides is 3. The summed E-state index contributed by atoms with van der Waals surface area (Å²) >= 11 is 0. The maximum atomic E-state index is 13.2. The molecule has 1 saturated heterocycles. The second-order valence-corrected chi connectivity index (χ2v) is 10.7. The van der Waals surface area contributed by atoms with Gasteiger partial charge in [-0.2, -0.15) is 0 Å². The van der Waals surface area contributed by atoms with Gasteiger partial charge in [-0.15, -0.1) is 0 Å². The molecule has 0 atom stereocenters. The van der Waals surface area contributed by atoms with Gasteiger partial charge in [-0.25, -0.2) is 14.6 Å². The molecule has 2 aromatic rings. The van der Waals surface area contributed by atoms with E-state index in [0.717, 1.165) is 31.2 Å². The molecule has 1 aliphatic heterocycles. The number of carbonyl (C=O) groups excluding carboxylic acids is 3. The van der Waals surface area contributed by atoms with Crippen LogP contribution < -0.4 is 0 Å². The number of rotatable bonds is 3. The van der Waals surface area contributed by atoms with Gasteiger partial charge in [0.2, 0.25) is 0 Å². The molecule has 2 aliphatic rings. The highest BCUT2D eigenvalue weighted by Crippen LogP contribution is 2.24. The largest absolute Gasteiger partial charge is 0.444 e. The van der Waals surface area contributed by atoms with Crippen LogP contribution in [0.5, 0.6) is 0 Å². The Bertz CT molecular complexity index is 1090. The number of nitrogens with zero attached hydrogens (tertiary/aromatic N) is 5. The van der Waals surface area contributed by atoms with Crippen LogP contribution in [0.25, 0.3) is 11.3 Å². The number of piperazine rings is 1. The van der Waals surface area contributed by atoms with E-state index in [-0.39, 0.29) is 24.1 Å². The van der Waals surface area contributed by atoms with Crippen molar-refractivity contribution in [3.63, 3.8) is 0 Å². The van der Waals surface area contributed by atoms with Gasteiger partial charge in [0, 0.05) is 56.6 Å². The summed E-state index contributed by atoms with van der Waals surface area (Å²) < 4.78 is 6.96. The Morgan fingerprint density at radius 1 is 1.00 bits per heavy atom. The van der Waals surface area contributed by atoms with Crippen LogP contribution in [-0.2, 0) is 4.74 Å². The molecule has 1 aliphatic carbocycles. The molecule has 194 valence electrons. The van der Waals surface area contributed by atoms with Gasteiger partial charge in [-0.3, -0.25) is 9.36 Å². The molecule has 1 saturated carbocycles. The first-order valence-corrected chi connectivity index (χ1v) is 12.8. The van der Waals surface area contributed by atoms with E-state index in [2.05, 4.69) is 4.98 Å². The zero-order chi connectivity index (χ0) is 25.9. The molecule has 9 nitrogen and oxygen atoms in total. The van der Waals surface area contributed by atoms with Crippen molar-refractivity contribution < 1.29 is 19.1 Å². The van der Waals surface area contributed by atoms with Crippen molar-refractivity contribution in [1.82, 2.24) is 24.3 Å². The smallest absolute Gasteiger partial charge is 0.410 e. The summed E-state index contributed by atoms with van der Waals surface area (Å²) in [5, 5.41) is 0. The van der Waals surface area contributed by atoms with E-state index in [4.69, 9.17) is 4.74 Å². The van der Waals surface area contributed by atoms with E-state index in [1.165, 1.54) is 11.0 Å². The van der Waals surface area contributed by atoms with Gasteiger partial charge in [0.05, 0.1) is 5.69 Å². The summed E-state index contributed by atoms with van der Waals surface area (Å²) in [5.74, 6) is -0.0896. The monoisotopic (exact) mass is 495 g/mol. The number of hydrogen-bond donors (Lipinski definition) is 0. The standard InChI is InChI=1S/C27H37N5O4/c1-27(2,3)36-26(35)31-15-13-30(14-16-31)24(33)21-10-8-9-20(17-21)23-18-32(19-28-23)25(34)29(4)22-11-6-5-7-12-22/h8-10,17-19,22H,5-7,11-16H2,1-4H3. The molecule has 1 aromatic carbocycles. The van der Waals surface area contributed by atoms with E-state index >= 15 is 0 Å². The third-order valence-corrected chi connectivity index (χ3v) is 6.85. The lowest BCUT2D eigenvalue weighted by molar-refractivity contribution is 0.0141. The molecule has 0 unspecified atom stereocenters. The van der Waals surface area contributed by atoms with Crippen molar-refractivity contribution in [2.24, 2.45) is 0 Å². The third kappa shape index (κ3) is 6.06. The normalized spacial score (nSPS) is 17.1. The zero-order valence-electron chi connectivity index (χ0n) is 21.8. The number of benzene rings is 1. The van der Waals surface area contributed by atoms with Crippen LogP contribution in [-0.4, -0.2) is 87.2 Å². The highest BCUT2D eigenvalue weighted by atomic mass is 16.6. The highest BCUT2D eigenvalue weighted by molar-refractivity contribution is 5.95. The molecule has 9 heteroatoms. The van der Waals surface area contributed by atoms with Crippen LogP contribution in [0, 0.1) is 0 Å². The molecule has 0 radical (unpaired) electrons.